The highest BCUT2D eigenvalue weighted by Gasteiger charge is 2.38. The first kappa shape index (κ1) is 14.1. The molecule has 0 aromatic heterocycles. The van der Waals surface area contributed by atoms with Crippen molar-refractivity contribution in [2.24, 2.45) is 0 Å². The van der Waals surface area contributed by atoms with E-state index in [-0.39, 0.29) is 17.3 Å². The quantitative estimate of drug-likeness (QED) is 0.714. The summed E-state index contributed by atoms with van der Waals surface area (Å²) in [6.07, 6.45) is 0.539. The molecular formula is C12H16N2O3S2. The molecule has 0 radical (unpaired) electrons. The van der Waals surface area contributed by atoms with Crippen molar-refractivity contribution in [1.82, 2.24) is 5.32 Å². The minimum absolute atomic E-state index is 0.0852. The van der Waals surface area contributed by atoms with Crippen LogP contribution in [-0.4, -0.2) is 35.7 Å². The summed E-state index contributed by atoms with van der Waals surface area (Å²) in [6.45, 7) is 1.84. The molecule has 1 heterocycles. The second kappa shape index (κ2) is 4.97. The maximum atomic E-state index is 11.5. The Kier molecular flexibility index (Phi) is 3.69. The van der Waals surface area contributed by atoms with Gasteiger partial charge in [0.1, 0.15) is 5.75 Å². The van der Waals surface area contributed by atoms with Gasteiger partial charge in [0, 0.05) is 11.8 Å². The summed E-state index contributed by atoms with van der Waals surface area (Å²) in [4.78, 5) is 0. The lowest BCUT2D eigenvalue weighted by molar-refractivity contribution is 0.474. The van der Waals surface area contributed by atoms with Gasteiger partial charge in [0.25, 0.3) is 0 Å². The molecule has 19 heavy (non-hydrogen) atoms. The molecule has 0 aliphatic carbocycles. The number of thiocarbonyl (C=S) groups is 1. The predicted octanol–water partition coefficient (Wildman–Crippen LogP) is 1.26. The van der Waals surface area contributed by atoms with E-state index in [1.165, 1.54) is 0 Å². The van der Waals surface area contributed by atoms with Crippen LogP contribution >= 0.6 is 12.2 Å². The molecule has 7 heteroatoms. The summed E-state index contributed by atoms with van der Waals surface area (Å²) in [5, 5.41) is 15.7. The van der Waals surface area contributed by atoms with Crippen LogP contribution in [0.15, 0.2) is 24.3 Å². The first-order chi connectivity index (χ1) is 8.78. The number of hydrogen-bond acceptors (Lipinski definition) is 4. The number of benzene rings is 1. The zero-order chi connectivity index (χ0) is 14.1. The van der Waals surface area contributed by atoms with E-state index in [4.69, 9.17) is 12.2 Å². The van der Waals surface area contributed by atoms with Crippen molar-refractivity contribution in [3.8, 4) is 5.75 Å². The van der Waals surface area contributed by atoms with Crippen LogP contribution in [0.4, 0.5) is 5.69 Å². The van der Waals surface area contributed by atoms with E-state index in [0.717, 1.165) is 0 Å². The maximum Gasteiger partial charge on any atom is 0.171 e. The Morgan fingerprint density at radius 2 is 2.21 bits per heavy atom. The van der Waals surface area contributed by atoms with E-state index < -0.39 is 15.4 Å². The van der Waals surface area contributed by atoms with E-state index >= 15 is 0 Å². The fourth-order valence-corrected chi connectivity index (χ4v) is 4.59. The zero-order valence-corrected chi connectivity index (χ0v) is 12.1. The van der Waals surface area contributed by atoms with Gasteiger partial charge in [-0.15, -0.1) is 0 Å². The van der Waals surface area contributed by atoms with Gasteiger partial charge in [-0.05, 0) is 37.7 Å². The summed E-state index contributed by atoms with van der Waals surface area (Å²) >= 11 is 5.16. The van der Waals surface area contributed by atoms with Crippen LogP contribution < -0.4 is 10.6 Å². The summed E-state index contributed by atoms with van der Waals surface area (Å²) in [7, 11) is -2.97. The minimum atomic E-state index is -2.97. The van der Waals surface area contributed by atoms with Crippen LogP contribution in [-0.2, 0) is 9.84 Å². The summed E-state index contributed by atoms with van der Waals surface area (Å²) in [6, 6.07) is 6.57. The van der Waals surface area contributed by atoms with E-state index in [9.17, 15) is 13.5 Å². The first-order valence-corrected chi connectivity index (χ1v) is 8.10. The summed E-state index contributed by atoms with van der Waals surface area (Å²) in [5.74, 6) is 0.412. The average molecular weight is 300 g/mol. The van der Waals surface area contributed by atoms with Gasteiger partial charge < -0.3 is 15.7 Å². The molecule has 0 saturated carbocycles. The molecule has 1 aromatic carbocycles. The Balaban J connectivity index is 1.99. The molecular weight excluding hydrogens is 284 g/mol. The van der Waals surface area contributed by atoms with Crippen LogP contribution in [0.2, 0.25) is 0 Å². The Morgan fingerprint density at radius 3 is 2.79 bits per heavy atom. The Morgan fingerprint density at radius 1 is 1.47 bits per heavy atom. The van der Waals surface area contributed by atoms with Crippen molar-refractivity contribution >= 4 is 32.9 Å². The fourth-order valence-electron chi connectivity index (χ4n) is 2.13. The summed E-state index contributed by atoms with van der Waals surface area (Å²) in [5.41, 5.74) is 0.127. The minimum Gasteiger partial charge on any atom is -0.508 e. The Bertz CT molecular complexity index is 601. The molecule has 0 bridgehead atoms. The topological polar surface area (TPSA) is 78.4 Å². The van der Waals surface area contributed by atoms with E-state index in [1.807, 2.05) is 6.92 Å². The molecule has 1 saturated heterocycles. The standard InChI is InChI=1S/C12H16N2O3S2/c1-12(5-6-19(16,17)8-12)14-11(18)13-9-3-2-4-10(15)7-9/h2-4,7,15H,5-6,8H2,1H3,(H2,13,14,18). The highest BCUT2D eigenvalue weighted by molar-refractivity contribution is 7.91. The third-order valence-electron chi connectivity index (χ3n) is 3.02. The molecule has 1 aliphatic rings. The third kappa shape index (κ3) is 3.81. The number of sulfone groups is 1. The number of rotatable bonds is 2. The second-order valence-corrected chi connectivity index (χ2v) is 7.62. The normalized spacial score (nSPS) is 24.9. The van der Waals surface area contributed by atoms with Gasteiger partial charge in [0.05, 0.1) is 17.0 Å². The molecule has 1 unspecified atom stereocenters. The highest BCUT2D eigenvalue weighted by atomic mass is 32.2. The van der Waals surface area contributed by atoms with Gasteiger partial charge in [-0.25, -0.2) is 8.42 Å². The molecule has 0 amide bonds. The van der Waals surface area contributed by atoms with Gasteiger partial charge in [0.2, 0.25) is 0 Å². The Labute approximate surface area is 117 Å². The van der Waals surface area contributed by atoms with Crippen molar-refractivity contribution in [2.45, 2.75) is 18.9 Å². The van der Waals surface area contributed by atoms with Gasteiger partial charge in [-0.2, -0.15) is 0 Å². The van der Waals surface area contributed by atoms with Crippen LogP contribution in [0.3, 0.4) is 0 Å². The van der Waals surface area contributed by atoms with Crippen LogP contribution in [0.25, 0.3) is 0 Å². The third-order valence-corrected chi connectivity index (χ3v) is 5.13. The lowest BCUT2D eigenvalue weighted by Crippen LogP contribution is -2.48. The summed E-state index contributed by atoms with van der Waals surface area (Å²) < 4.78 is 23.0. The second-order valence-electron chi connectivity index (χ2n) is 5.03. The first-order valence-electron chi connectivity index (χ1n) is 5.87. The van der Waals surface area contributed by atoms with Crippen molar-refractivity contribution in [3.05, 3.63) is 24.3 Å². The predicted molar refractivity (Wildman–Crippen MR) is 79.1 cm³/mol. The van der Waals surface area contributed by atoms with Crippen molar-refractivity contribution in [1.29, 1.82) is 0 Å². The number of hydrogen-bond donors (Lipinski definition) is 3. The molecule has 3 N–H and O–H groups in total. The monoisotopic (exact) mass is 300 g/mol. The average Bonchev–Trinajstić information content (AvgIpc) is 2.52. The van der Waals surface area contributed by atoms with Crippen molar-refractivity contribution < 1.29 is 13.5 Å². The highest BCUT2D eigenvalue weighted by Crippen LogP contribution is 2.23. The van der Waals surface area contributed by atoms with Gasteiger partial charge in [0.15, 0.2) is 14.9 Å². The SMILES string of the molecule is CC1(NC(=S)Nc2cccc(O)c2)CCS(=O)(=O)C1. The van der Waals surface area contributed by atoms with Crippen molar-refractivity contribution in [3.63, 3.8) is 0 Å². The van der Waals surface area contributed by atoms with Gasteiger partial charge in [-0.3, -0.25) is 0 Å². The molecule has 1 aromatic rings. The van der Waals surface area contributed by atoms with E-state index in [1.54, 1.807) is 24.3 Å². The molecule has 5 nitrogen and oxygen atoms in total. The Hall–Kier alpha value is -1.34. The zero-order valence-electron chi connectivity index (χ0n) is 10.5. The largest absolute Gasteiger partial charge is 0.508 e. The van der Waals surface area contributed by atoms with Crippen LogP contribution in [0.1, 0.15) is 13.3 Å². The lowest BCUT2D eigenvalue weighted by atomic mass is 10.0. The number of anilines is 1. The van der Waals surface area contributed by atoms with Gasteiger partial charge >= 0.3 is 0 Å². The van der Waals surface area contributed by atoms with Crippen LogP contribution in [0, 0.1) is 0 Å². The van der Waals surface area contributed by atoms with Gasteiger partial charge in [-0.1, -0.05) is 6.07 Å². The smallest absolute Gasteiger partial charge is 0.171 e. The molecule has 1 aliphatic heterocycles. The van der Waals surface area contributed by atoms with Crippen molar-refractivity contribution in [2.75, 3.05) is 16.8 Å². The fraction of sp³-hybridized carbons (Fsp3) is 0.417. The molecule has 1 atom stereocenters. The lowest BCUT2D eigenvalue weighted by Gasteiger charge is -2.26. The molecule has 0 spiro atoms. The number of nitrogens with one attached hydrogen (secondary N) is 2. The van der Waals surface area contributed by atoms with E-state index in [0.29, 0.717) is 17.2 Å². The molecule has 1 fully saturated rings. The molecule has 2 rings (SSSR count). The maximum absolute atomic E-state index is 11.5. The van der Waals surface area contributed by atoms with Crippen LogP contribution in [0.5, 0.6) is 5.75 Å². The van der Waals surface area contributed by atoms with E-state index in [2.05, 4.69) is 10.6 Å². The number of phenols is 1. The number of aromatic hydroxyl groups is 1. The number of phenolic OH excluding ortho intramolecular Hbond substituents is 1. The molecule has 104 valence electrons.